The molecule has 21 heavy (non-hydrogen) atoms. The first-order valence-corrected chi connectivity index (χ1v) is 7.29. The molecule has 0 unspecified atom stereocenters. The van der Waals surface area contributed by atoms with Gasteiger partial charge in [-0.3, -0.25) is 0 Å². The summed E-state index contributed by atoms with van der Waals surface area (Å²) in [5, 5.41) is 3.49. The van der Waals surface area contributed by atoms with E-state index in [4.69, 9.17) is 0 Å². The van der Waals surface area contributed by atoms with E-state index in [0.717, 1.165) is 49.0 Å². The molecule has 3 rings (SSSR count). The molecule has 0 spiro atoms. The van der Waals surface area contributed by atoms with Crippen molar-refractivity contribution in [2.45, 2.75) is 32.7 Å². The maximum Gasteiger partial charge on any atom is 0.132 e. The normalized spacial score (nSPS) is 16.0. The third-order valence-electron chi connectivity index (χ3n) is 3.76. The number of hydrogen-bond donors (Lipinski definition) is 1. The van der Waals surface area contributed by atoms with E-state index in [0.29, 0.717) is 6.04 Å². The molecule has 0 atom stereocenters. The highest BCUT2D eigenvalue weighted by molar-refractivity contribution is 5.41. The molecule has 1 N–H and O–H groups in total. The predicted molar refractivity (Wildman–Crippen MR) is 82.4 cm³/mol. The van der Waals surface area contributed by atoms with Crippen molar-refractivity contribution in [1.82, 2.24) is 19.9 Å². The molecule has 1 aliphatic rings. The van der Waals surface area contributed by atoms with Crippen molar-refractivity contribution >= 4 is 11.6 Å². The lowest BCUT2D eigenvalue weighted by molar-refractivity contribution is 0.522. The van der Waals surface area contributed by atoms with E-state index < -0.39 is 0 Å². The molecular formula is C15H20N6. The number of hydrogen-bond acceptors (Lipinski definition) is 6. The van der Waals surface area contributed by atoms with Crippen LogP contribution in [0.5, 0.6) is 0 Å². The summed E-state index contributed by atoms with van der Waals surface area (Å²) in [5.41, 5.74) is 2.00. The molecule has 6 nitrogen and oxygen atoms in total. The zero-order valence-electron chi connectivity index (χ0n) is 12.5. The van der Waals surface area contributed by atoms with Crippen molar-refractivity contribution in [1.29, 1.82) is 0 Å². The summed E-state index contributed by atoms with van der Waals surface area (Å²) >= 11 is 0. The predicted octanol–water partition coefficient (Wildman–Crippen LogP) is 1.96. The summed E-state index contributed by atoms with van der Waals surface area (Å²) in [6, 6.07) is 4.49. The van der Waals surface area contributed by atoms with Gasteiger partial charge in [0.15, 0.2) is 0 Å². The van der Waals surface area contributed by atoms with Crippen LogP contribution in [0.15, 0.2) is 24.8 Å². The van der Waals surface area contributed by atoms with Gasteiger partial charge in [0.2, 0.25) is 0 Å². The van der Waals surface area contributed by atoms with E-state index in [1.807, 2.05) is 26.0 Å². The third kappa shape index (κ3) is 3.45. The zero-order chi connectivity index (χ0) is 14.7. The molecule has 0 aliphatic carbocycles. The molecule has 1 fully saturated rings. The highest BCUT2D eigenvalue weighted by atomic mass is 15.2. The fraction of sp³-hybridized carbons (Fsp3) is 0.467. The topological polar surface area (TPSA) is 66.8 Å². The maximum atomic E-state index is 4.36. The molecule has 0 saturated carbocycles. The molecule has 3 heterocycles. The first-order chi connectivity index (χ1) is 10.2. The Balaban J connectivity index is 1.58. The van der Waals surface area contributed by atoms with Crippen LogP contribution in [0.2, 0.25) is 0 Å². The first-order valence-electron chi connectivity index (χ1n) is 7.29. The number of rotatable bonds is 3. The number of anilines is 2. The molecule has 0 aromatic carbocycles. The summed E-state index contributed by atoms with van der Waals surface area (Å²) in [7, 11) is 0. The molecular weight excluding hydrogens is 264 g/mol. The molecule has 0 radical (unpaired) electrons. The average Bonchev–Trinajstić information content (AvgIpc) is 2.48. The van der Waals surface area contributed by atoms with Crippen LogP contribution in [-0.4, -0.2) is 39.1 Å². The fourth-order valence-corrected chi connectivity index (χ4v) is 2.61. The number of nitrogens with one attached hydrogen (secondary N) is 1. The molecule has 1 saturated heterocycles. The number of aromatic nitrogens is 4. The van der Waals surface area contributed by atoms with Crippen molar-refractivity contribution < 1.29 is 0 Å². The standard InChI is InChI=1S/C15H20N6/c1-11-7-14(18-9-16-11)20-13-3-5-21(6-4-13)15-8-12(2)17-10-19-15/h7-10,13H,3-6H2,1-2H3,(H,16,18,20). The van der Waals surface area contributed by atoms with Crippen molar-refractivity contribution in [2.24, 2.45) is 0 Å². The zero-order valence-corrected chi connectivity index (χ0v) is 12.5. The Hall–Kier alpha value is -2.24. The van der Waals surface area contributed by atoms with E-state index in [1.54, 1.807) is 12.7 Å². The van der Waals surface area contributed by atoms with Crippen LogP contribution in [0.25, 0.3) is 0 Å². The largest absolute Gasteiger partial charge is 0.367 e. The van der Waals surface area contributed by atoms with Gasteiger partial charge in [-0.25, -0.2) is 19.9 Å². The second-order valence-electron chi connectivity index (χ2n) is 5.47. The Morgan fingerprint density at radius 1 is 0.952 bits per heavy atom. The molecule has 0 amide bonds. The lowest BCUT2D eigenvalue weighted by Gasteiger charge is -2.33. The van der Waals surface area contributed by atoms with Crippen LogP contribution in [0.4, 0.5) is 11.6 Å². The van der Waals surface area contributed by atoms with Crippen LogP contribution in [0, 0.1) is 13.8 Å². The molecule has 2 aromatic heterocycles. The van der Waals surface area contributed by atoms with Gasteiger partial charge in [0, 0.05) is 42.7 Å². The van der Waals surface area contributed by atoms with Gasteiger partial charge in [-0.2, -0.15) is 0 Å². The van der Waals surface area contributed by atoms with Crippen LogP contribution in [-0.2, 0) is 0 Å². The average molecular weight is 284 g/mol. The van der Waals surface area contributed by atoms with Gasteiger partial charge >= 0.3 is 0 Å². The van der Waals surface area contributed by atoms with E-state index in [9.17, 15) is 0 Å². The SMILES string of the molecule is Cc1cc(NC2CCN(c3cc(C)ncn3)CC2)ncn1. The summed E-state index contributed by atoms with van der Waals surface area (Å²) in [6.45, 7) is 5.97. The van der Waals surface area contributed by atoms with E-state index in [-0.39, 0.29) is 0 Å². The van der Waals surface area contributed by atoms with Gasteiger partial charge in [0.25, 0.3) is 0 Å². The Labute approximate surface area is 124 Å². The lowest BCUT2D eigenvalue weighted by Crippen LogP contribution is -2.39. The molecule has 2 aromatic rings. The van der Waals surface area contributed by atoms with E-state index in [2.05, 4.69) is 30.2 Å². The summed E-state index contributed by atoms with van der Waals surface area (Å²) in [6.07, 6.45) is 5.40. The monoisotopic (exact) mass is 284 g/mol. The summed E-state index contributed by atoms with van der Waals surface area (Å²) < 4.78 is 0. The van der Waals surface area contributed by atoms with Gasteiger partial charge < -0.3 is 10.2 Å². The molecule has 1 aliphatic heterocycles. The van der Waals surface area contributed by atoms with Gasteiger partial charge in [-0.15, -0.1) is 0 Å². The van der Waals surface area contributed by atoms with Crippen molar-refractivity contribution in [3.63, 3.8) is 0 Å². The Morgan fingerprint density at radius 3 is 2.29 bits per heavy atom. The smallest absolute Gasteiger partial charge is 0.132 e. The fourth-order valence-electron chi connectivity index (χ4n) is 2.61. The van der Waals surface area contributed by atoms with E-state index in [1.165, 1.54) is 0 Å². The van der Waals surface area contributed by atoms with Crippen LogP contribution in [0.1, 0.15) is 24.2 Å². The molecule has 6 heteroatoms. The first kappa shape index (κ1) is 13.7. The molecule has 0 bridgehead atoms. The Kier molecular flexibility index (Phi) is 3.94. The van der Waals surface area contributed by atoms with Crippen LogP contribution < -0.4 is 10.2 Å². The van der Waals surface area contributed by atoms with Crippen LogP contribution in [0.3, 0.4) is 0 Å². The van der Waals surface area contributed by atoms with Gasteiger partial charge in [0.1, 0.15) is 24.3 Å². The minimum Gasteiger partial charge on any atom is -0.367 e. The summed E-state index contributed by atoms with van der Waals surface area (Å²) in [4.78, 5) is 19.2. The Bertz CT molecular complexity index is 607. The van der Waals surface area contributed by atoms with Gasteiger partial charge in [0.05, 0.1) is 0 Å². The molecule has 110 valence electrons. The van der Waals surface area contributed by atoms with Crippen molar-refractivity contribution in [3.8, 4) is 0 Å². The van der Waals surface area contributed by atoms with Crippen molar-refractivity contribution in [2.75, 3.05) is 23.3 Å². The highest BCUT2D eigenvalue weighted by Gasteiger charge is 2.20. The number of aryl methyl sites for hydroxylation is 2. The minimum absolute atomic E-state index is 0.457. The van der Waals surface area contributed by atoms with Gasteiger partial charge in [-0.1, -0.05) is 0 Å². The maximum absolute atomic E-state index is 4.36. The van der Waals surface area contributed by atoms with E-state index >= 15 is 0 Å². The van der Waals surface area contributed by atoms with Gasteiger partial charge in [-0.05, 0) is 26.7 Å². The van der Waals surface area contributed by atoms with Crippen LogP contribution >= 0.6 is 0 Å². The summed E-state index contributed by atoms with van der Waals surface area (Å²) in [5.74, 6) is 1.94. The minimum atomic E-state index is 0.457. The number of nitrogens with zero attached hydrogens (tertiary/aromatic N) is 5. The second-order valence-corrected chi connectivity index (χ2v) is 5.47. The lowest BCUT2D eigenvalue weighted by atomic mass is 10.0. The Morgan fingerprint density at radius 2 is 1.62 bits per heavy atom. The second kappa shape index (κ2) is 6.03. The quantitative estimate of drug-likeness (QED) is 0.929. The third-order valence-corrected chi connectivity index (χ3v) is 3.76. The highest BCUT2D eigenvalue weighted by Crippen LogP contribution is 2.20. The van der Waals surface area contributed by atoms with Crippen molar-refractivity contribution in [3.05, 3.63) is 36.2 Å². The number of piperidine rings is 1.